The van der Waals surface area contributed by atoms with Crippen molar-refractivity contribution in [1.29, 1.82) is 0 Å². The number of nitrogens with zero attached hydrogens (tertiary/aromatic N) is 4. The second-order valence-electron chi connectivity index (χ2n) is 2.50. The third kappa shape index (κ3) is 2.06. The Morgan fingerprint density at radius 1 is 1.86 bits per heavy atom. The molecule has 0 aliphatic carbocycles. The number of aryl methyl sites for hydroxylation is 1. The van der Waals surface area contributed by atoms with Gasteiger partial charge in [0.15, 0.2) is 5.82 Å². The van der Waals surface area contributed by atoms with E-state index in [2.05, 4.69) is 15.0 Å². The van der Waals surface area contributed by atoms with Crippen LogP contribution in [0.2, 0.25) is 0 Å². The van der Waals surface area contributed by atoms with Crippen LogP contribution in [0.25, 0.3) is 0 Å². The Balaban J connectivity index is 2.88. The summed E-state index contributed by atoms with van der Waals surface area (Å²) in [5.74, 6) is 0.518. The molecule has 0 amide bonds. The van der Waals surface area contributed by atoms with Gasteiger partial charge < -0.3 is 15.0 Å². The van der Waals surface area contributed by atoms with Gasteiger partial charge >= 0.3 is 5.82 Å². The van der Waals surface area contributed by atoms with Gasteiger partial charge in [-0.1, -0.05) is 5.16 Å². The normalized spacial score (nSPS) is 10.7. The molecule has 0 unspecified atom stereocenters. The minimum Gasteiger partial charge on any atom is -0.399 e. The highest BCUT2D eigenvalue weighted by molar-refractivity contribution is 5.57. The second-order valence-corrected chi connectivity index (χ2v) is 2.50. The molecule has 0 aliphatic heterocycles. The Morgan fingerprint density at radius 3 is 3.14 bits per heavy atom. The third-order valence-electron chi connectivity index (χ3n) is 1.67. The molecule has 76 valence electrons. The summed E-state index contributed by atoms with van der Waals surface area (Å²) in [6.07, 6.45) is 2.65. The van der Waals surface area contributed by atoms with Crippen LogP contribution in [0.15, 0.2) is 11.4 Å². The minimum atomic E-state index is -0.485. The summed E-state index contributed by atoms with van der Waals surface area (Å²) < 4.78 is 1.43. The predicted octanol–water partition coefficient (Wildman–Crippen LogP) is 0.732. The fourth-order valence-corrected chi connectivity index (χ4v) is 1.02. The van der Waals surface area contributed by atoms with Crippen LogP contribution in [0.1, 0.15) is 5.82 Å². The number of imidazole rings is 1. The van der Waals surface area contributed by atoms with Crippen LogP contribution in [-0.2, 0) is 11.4 Å². The Morgan fingerprint density at radius 2 is 2.57 bits per heavy atom. The molecule has 0 fully saturated rings. The molecule has 0 atom stereocenters. The zero-order chi connectivity index (χ0) is 10.6. The Hall–Kier alpha value is -1.92. The molecule has 0 spiro atoms. The standard InChI is InChI=1S/C7H10N4O3/c1-6-8-5-7(11(12)13)10(6)4-3-9-14-2/h3,5H,4H2,1-2H3. The number of rotatable bonds is 4. The minimum absolute atomic E-state index is 0.0509. The molecule has 0 radical (unpaired) electrons. The molecule has 14 heavy (non-hydrogen) atoms. The van der Waals surface area contributed by atoms with Crippen molar-refractivity contribution in [2.75, 3.05) is 7.11 Å². The first kappa shape index (κ1) is 10.2. The monoisotopic (exact) mass is 198 g/mol. The average molecular weight is 198 g/mol. The third-order valence-corrected chi connectivity index (χ3v) is 1.67. The van der Waals surface area contributed by atoms with Crippen LogP contribution < -0.4 is 0 Å². The Kier molecular flexibility index (Phi) is 3.16. The number of aromatic nitrogens is 2. The van der Waals surface area contributed by atoms with Gasteiger partial charge in [0, 0.05) is 6.92 Å². The second kappa shape index (κ2) is 4.35. The van der Waals surface area contributed by atoms with Crippen LogP contribution >= 0.6 is 0 Å². The summed E-state index contributed by atoms with van der Waals surface area (Å²) in [5.41, 5.74) is 0. The van der Waals surface area contributed by atoms with Gasteiger partial charge in [0.1, 0.15) is 19.9 Å². The van der Waals surface area contributed by atoms with Gasteiger partial charge in [0.25, 0.3) is 0 Å². The van der Waals surface area contributed by atoms with E-state index >= 15 is 0 Å². The van der Waals surface area contributed by atoms with Crippen molar-refractivity contribution in [2.24, 2.45) is 5.16 Å². The van der Waals surface area contributed by atoms with E-state index in [1.807, 2.05) is 0 Å². The SMILES string of the molecule is CON=CCn1c([N+](=O)[O-])cnc1C. The predicted molar refractivity (Wildman–Crippen MR) is 49.1 cm³/mol. The van der Waals surface area contributed by atoms with Crippen molar-refractivity contribution in [2.45, 2.75) is 13.5 Å². The molecular formula is C7H10N4O3. The number of oxime groups is 1. The maximum Gasteiger partial charge on any atom is 0.343 e. The average Bonchev–Trinajstić information content (AvgIpc) is 2.48. The van der Waals surface area contributed by atoms with Crippen molar-refractivity contribution in [3.63, 3.8) is 0 Å². The van der Waals surface area contributed by atoms with E-state index in [9.17, 15) is 10.1 Å². The lowest BCUT2D eigenvalue weighted by molar-refractivity contribution is -0.392. The van der Waals surface area contributed by atoms with Gasteiger partial charge in [0.05, 0.1) is 6.21 Å². The van der Waals surface area contributed by atoms with Crippen LogP contribution in [0.4, 0.5) is 5.82 Å². The largest absolute Gasteiger partial charge is 0.399 e. The molecule has 1 rings (SSSR count). The zero-order valence-electron chi connectivity index (χ0n) is 7.88. The first-order chi connectivity index (χ1) is 6.66. The molecule has 0 saturated heterocycles. The fourth-order valence-electron chi connectivity index (χ4n) is 1.02. The van der Waals surface area contributed by atoms with E-state index in [1.165, 1.54) is 24.1 Å². The molecular weight excluding hydrogens is 188 g/mol. The summed E-state index contributed by atoms with van der Waals surface area (Å²) in [4.78, 5) is 18.3. The summed E-state index contributed by atoms with van der Waals surface area (Å²) in [6.45, 7) is 1.96. The molecule has 0 aromatic carbocycles. The maximum absolute atomic E-state index is 10.5. The van der Waals surface area contributed by atoms with Crippen LogP contribution in [-0.4, -0.2) is 27.8 Å². The quantitative estimate of drug-likeness (QED) is 0.405. The molecule has 0 aliphatic rings. The van der Waals surface area contributed by atoms with E-state index in [-0.39, 0.29) is 12.4 Å². The number of nitro groups is 1. The molecule has 7 nitrogen and oxygen atoms in total. The van der Waals surface area contributed by atoms with Gasteiger partial charge in [-0.05, 0) is 4.92 Å². The van der Waals surface area contributed by atoms with Crippen molar-refractivity contribution in [3.8, 4) is 0 Å². The van der Waals surface area contributed by atoms with Gasteiger partial charge in [-0.3, -0.25) is 0 Å². The Labute approximate surface area is 80.1 Å². The zero-order valence-corrected chi connectivity index (χ0v) is 7.88. The van der Waals surface area contributed by atoms with E-state index in [1.54, 1.807) is 6.92 Å². The number of hydrogen-bond acceptors (Lipinski definition) is 5. The van der Waals surface area contributed by atoms with Gasteiger partial charge in [0.2, 0.25) is 0 Å². The molecule has 7 heteroatoms. The smallest absolute Gasteiger partial charge is 0.343 e. The molecule has 0 bridgehead atoms. The van der Waals surface area contributed by atoms with Crippen molar-refractivity contribution < 1.29 is 9.76 Å². The summed E-state index contributed by atoms with van der Waals surface area (Å²) in [7, 11) is 1.41. The van der Waals surface area contributed by atoms with Crippen LogP contribution in [0.3, 0.4) is 0 Å². The van der Waals surface area contributed by atoms with Crippen molar-refractivity contribution in [3.05, 3.63) is 22.1 Å². The van der Waals surface area contributed by atoms with Gasteiger partial charge in [-0.25, -0.2) is 9.55 Å². The lowest BCUT2D eigenvalue weighted by atomic mass is 10.6. The summed E-state index contributed by atoms with van der Waals surface area (Å²) in [6, 6.07) is 0. The topological polar surface area (TPSA) is 82.5 Å². The molecule has 1 heterocycles. The van der Waals surface area contributed by atoms with Crippen LogP contribution in [0.5, 0.6) is 0 Å². The fraction of sp³-hybridized carbons (Fsp3) is 0.429. The van der Waals surface area contributed by atoms with Crippen molar-refractivity contribution >= 4 is 12.0 Å². The molecule has 0 saturated carbocycles. The first-order valence-electron chi connectivity index (χ1n) is 3.88. The van der Waals surface area contributed by atoms with E-state index in [0.29, 0.717) is 5.82 Å². The van der Waals surface area contributed by atoms with E-state index in [4.69, 9.17) is 0 Å². The van der Waals surface area contributed by atoms with Crippen molar-refractivity contribution in [1.82, 2.24) is 9.55 Å². The van der Waals surface area contributed by atoms with Gasteiger partial charge in [-0.2, -0.15) is 0 Å². The van der Waals surface area contributed by atoms with Gasteiger partial charge in [-0.15, -0.1) is 0 Å². The van der Waals surface area contributed by atoms with E-state index in [0.717, 1.165) is 0 Å². The Bertz CT molecular complexity index is 358. The molecule has 1 aromatic rings. The lowest BCUT2D eigenvalue weighted by Gasteiger charge is -1.97. The highest BCUT2D eigenvalue weighted by Gasteiger charge is 2.15. The lowest BCUT2D eigenvalue weighted by Crippen LogP contribution is -2.05. The molecule has 1 aromatic heterocycles. The number of hydrogen-bond donors (Lipinski definition) is 0. The summed E-state index contributed by atoms with van der Waals surface area (Å²) >= 11 is 0. The first-order valence-corrected chi connectivity index (χ1v) is 3.88. The molecule has 0 N–H and O–H groups in total. The van der Waals surface area contributed by atoms with E-state index < -0.39 is 4.92 Å². The highest BCUT2D eigenvalue weighted by Crippen LogP contribution is 2.12. The maximum atomic E-state index is 10.5. The summed E-state index contributed by atoms with van der Waals surface area (Å²) in [5, 5.41) is 14.0. The van der Waals surface area contributed by atoms with Crippen LogP contribution in [0, 0.1) is 17.0 Å². The highest BCUT2D eigenvalue weighted by atomic mass is 16.6.